The number of pyridine rings is 1. The number of rotatable bonds is 5. The number of nitrogens with zero attached hydrogens (tertiary/aromatic N) is 3. The third kappa shape index (κ3) is 2.58. The lowest BCUT2D eigenvalue weighted by atomic mass is 10.1. The second-order valence-electron chi connectivity index (χ2n) is 5.18. The number of benzene rings is 1. The second-order valence-corrected chi connectivity index (χ2v) is 6.17. The third-order valence-corrected chi connectivity index (χ3v) is 4.37. The maximum absolute atomic E-state index is 4.76. The van der Waals surface area contributed by atoms with Crippen LogP contribution in [0.5, 0.6) is 0 Å². The summed E-state index contributed by atoms with van der Waals surface area (Å²) in [4.78, 5) is 4.76. The molecule has 0 aliphatic rings. The first-order valence-corrected chi connectivity index (χ1v) is 8.56. The van der Waals surface area contributed by atoms with Gasteiger partial charge in [0.05, 0.1) is 22.3 Å². The Morgan fingerprint density at radius 1 is 1.29 bits per heavy atom. The van der Waals surface area contributed by atoms with E-state index in [4.69, 9.17) is 4.98 Å². The number of anilines is 1. The molecule has 0 unspecified atom stereocenters. The van der Waals surface area contributed by atoms with Crippen LogP contribution in [-0.4, -0.2) is 33.3 Å². The van der Waals surface area contributed by atoms with Crippen molar-refractivity contribution in [2.24, 2.45) is 7.05 Å². The minimum absolute atomic E-state index is 0.943. The summed E-state index contributed by atoms with van der Waals surface area (Å²) >= 11 is 1.88. The molecule has 1 aromatic carbocycles. The summed E-state index contributed by atoms with van der Waals surface area (Å²) in [6, 6.07) is 8.28. The molecule has 3 rings (SSSR count). The average molecular weight is 300 g/mol. The fourth-order valence-corrected chi connectivity index (χ4v) is 3.14. The third-order valence-electron chi connectivity index (χ3n) is 3.67. The highest BCUT2D eigenvalue weighted by molar-refractivity contribution is 7.98. The molecule has 1 N–H and O–H groups in total. The molecular weight excluding hydrogens is 280 g/mol. The molecule has 0 radical (unpaired) electrons. The van der Waals surface area contributed by atoms with Crippen LogP contribution in [-0.2, 0) is 7.05 Å². The number of aryl methyl sites for hydroxylation is 2. The van der Waals surface area contributed by atoms with Crippen LogP contribution in [0.3, 0.4) is 0 Å². The zero-order chi connectivity index (χ0) is 14.8. The van der Waals surface area contributed by atoms with Crippen LogP contribution < -0.4 is 5.32 Å². The smallest absolute Gasteiger partial charge is 0.160 e. The van der Waals surface area contributed by atoms with Gasteiger partial charge in [-0.05, 0) is 31.4 Å². The number of aromatic nitrogens is 3. The Morgan fingerprint density at radius 3 is 2.90 bits per heavy atom. The van der Waals surface area contributed by atoms with E-state index >= 15 is 0 Å². The predicted octanol–water partition coefficient (Wildman–Crippen LogP) is 3.59. The van der Waals surface area contributed by atoms with E-state index in [0.717, 1.165) is 35.2 Å². The minimum Gasteiger partial charge on any atom is -0.384 e. The predicted molar refractivity (Wildman–Crippen MR) is 92.2 cm³/mol. The van der Waals surface area contributed by atoms with Crippen molar-refractivity contribution < 1.29 is 0 Å². The topological polar surface area (TPSA) is 42.7 Å². The van der Waals surface area contributed by atoms with Gasteiger partial charge in [-0.2, -0.15) is 16.9 Å². The molecule has 0 amide bonds. The molecule has 0 saturated carbocycles. The lowest BCUT2D eigenvalue weighted by molar-refractivity contribution is 0.775. The fourth-order valence-electron chi connectivity index (χ4n) is 2.71. The number of hydrogen-bond acceptors (Lipinski definition) is 4. The van der Waals surface area contributed by atoms with Gasteiger partial charge in [0.15, 0.2) is 5.65 Å². The average Bonchev–Trinajstić information content (AvgIpc) is 2.77. The van der Waals surface area contributed by atoms with Crippen molar-refractivity contribution in [1.29, 1.82) is 0 Å². The molecule has 0 spiro atoms. The molecule has 0 aliphatic carbocycles. The Balaban J connectivity index is 2.15. The monoisotopic (exact) mass is 300 g/mol. The fraction of sp³-hybridized carbons (Fsp3) is 0.375. The van der Waals surface area contributed by atoms with Gasteiger partial charge in [0.2, 0.25) is 0 Å². The first kappa shape index (κ1) is 14.2. The van der Waals surface area contributed by atoms with E-state index < -0.39 is 0 Å². The number of para-hydroxylation sites is 1. The highest BCUT2D eigenvalue weighted by Gasteiger charge is 2.14. The first-order chi connectivity index (χ1) is 10.2. The van der Waals surface area contributed by atoms with Crippen molar-refractivity contribution in [3.63, 3.8) is 0 Å². The zero-order valence-electron chi connectivity index (χ0n) is 12.7. The van der Waals surface area contributed by atoms with Crippen LogP contribution in [0, 0.1) is 6.92 Å². The molecule has 0 bridgehead atoms. The van der Waals surface area contributed by atoms with Crippen LogP contribution in [0.4, 0.5) is 5.69 Å². The van der Waals surface area contributed by atoms with E-state index in [1.54, 1.807) is 0 Å². The molecule has 2 heterocycles. The van der Waals surface area contributed by atoms with E-state index in [0.29, 0.717) is 0 Å². The summed E-state index contributed by atoms with van der Waals surface area (Å²) in [5.74, 6) is 1.17. The summed E-state index contributed by atoms with van der Waals surface area (Å²) in [6.45, 7) is 3.02. The van der Waals surface area contributed by atoms with Crippen LogP contribution in [0.2, 0.25) is 0 Å². The van der Waals surface area contributed by atoms with Gasteiger partial charge >= 0.3 is 0 Å². The van der Waals surface area contributed by atoms with Crippen molar-refractivity contribution in [1.82, 2.24) is 14.8 Å². The van der Waals surface area contributed by atoms with E-state index in [9.17, 15) is 0 Å². The molecular formula is C16H20N4S. The van der Waals surface area contributed by atoms with Gasteiger partial charge in [-0.3, -0.25) is 4.68 Å². The van der Waals surface area contributed by atoms with Gasteiger partial charge in [-0.15, -0.1) is 0 Å². The van der Waals surface area contributed by atoms with Gasteiger partial charge in [0, 0.05) is 19.0 Å². The number of fused-ring (bicyclic) bond motifs is 2. The molecule has 5 heteroatoms. The number of nitrogens with one attached hydrogen (secondary N) is 1. The van der Waals surface area contributed by atoms with Gasteiger partial charge in [0.25, 0.3) is 0 Å². The molecule has 21 heavy (non-hydrogen) atoms. The summed E-state index contributed by atoms with van der Waals surface area (Å²) in [5.41, 5.74) is 4.15. The summed E-state index contributed by atoms with van der Waals surface area (Å²) in [6.07, 6.45) is 3.30. The number of thioether (sulfide) groups is 1. The Hall–Kier alpha value is -1.75. The molecule has 110 valence electrons. The Labute approximate surface area is 128 Å². The van der Waals surface area contributed by atoms with Crippen molar-refractivity contribution in [2.75, 3.05) is 23.9 Å². The highest BCUT2D eigenvalue weighted by atomic mass is 32.2. The van der Waals surface area contributed by atoms with Gasteiger partial charge < -0.3 is 5.32 Å². The second kappa shape index (κ2) is 5.93. The van der Waals surface area contributed by atoms with Gasteiger partial charge in [0.1, 0.15) is 0 Å². The SMILES string of the molecule is CSCCCNc1c2ccccc2nc2c1c(C)nn2C. The van der Waals surface area contributed by atoms with Crippen LogP contribution in [0.1, 0.15) is 12.1 Å². The molecule has 0 fully saturated rings. The van der Waals surface area contributed by atoms with Gasteiger partial charge in [-0.25, -0.2) is 4.98 Å². The Morgan fingerprint density at radius 2 is 2.10 bits per heavy atom. The van der Waals surface area contributed by atoms with Gasteiger partial charge in [-0.1, -0.05) is 18.2 Å². The summed E-state index contributed by atoms with van der Waals surface area (Å²) < 4.78 is 1.87. The highest BCUT2D eigenvalue weighted by Crippen LogP contribution is 2.32. The van der Waals surface area contributed by atoms with E-state index in [1.165, 1.54) is 16.8 Å². The molecule has 3 aromatic rings. The molecule has 0 atom stereocenters. The standard InChI is InChI=1S/C16H20N4S/c1-11-14-15(17-9-6-10-21-3)12-7-4-5-8-13(12)18-16(14)20(2)19-11/h4-5,7-8H,6,9-10H2,1-3H3,(H,17,18). The van der Waals surface area contributed by atoms with Crippen molar-refractivity contribution in [2.45, 2.75) is 13.3 Å². The molecule has 2 aromatic heterocycles. The Bertz CT molecular complexity index is 779. The normalized spacial score (nSPS) is 11.4. The van der Waals surface area contributed by atoms with E-state index in [-0.39, 0.29) is 0 Å². The van der Waals surface area contributed by atoms with Crippen molar-refractivity contribution in [3.05, 3.63) is 30.0 Å². The van der Waals surface area contributed by atoms with Crippen LogP contribution >= 0.6 is 11.8 Å². The molecule has 0 aliphatic heterocycles. The number of hydrogen-bond donors (Lipinski definition) is 1. The first-order valence-electron chi connectivity index (χ1n) is 7.17. The van der Waals surface area contributed by atoms with E-state index in [2.05, 4.69) is 34.9 Å². The maximum Gasteiger partial charge on any atom is 0.160 e. The lowest BCUT2D eigenvalue weighted by Gasteiger charge is -2.11. The molecule has 4 nitrogen and oxygen atoms in total. The maximum atomic E-state index is 4.76. The van der Waals surface area contributed by atoms with Crippen LogP contribution in [0.15, 0.2) is 24.3 Å². The lowest BCUT2D eigenvalue weighted by Crippen LogP contribution is -2.04. The minimum atomic E-state index is 0.943. The van der Waals surface area contributed by atoms with Crippen molar-refractivity contribution >= 4 is 39.4 Å². The summed E-state index contributed by atoms with van der Waals surface area (Å²) in [7, 11) is 1.95. The summed E-state index contributed by atoms with van der Waals surface area (Å²) in [5, 5.41) is 10.5. The quantitative estimate of drug-likeness (QED) is 0.731. The van der Waals surface area contributed by atoms with E-state index in [1.807, 2.05) is 36.5 Å². The van der Waals surface area contributed by atoms with Crippen molar-refractivity contribution in [3.8, 4) is 0 Å². The molecule has 0 saturated heterocycles. The van der Waals surface area contributed by atoms with Crippen LogP contribution in [0.25, 0.3) is 21.9 Å². The largest absolute Gasteiger partial charge is 0.384 e. The zero-order valence-corrected chi connectivity index (χ0v) is 13.5. The Kier molecular flexibility index (Phi) is 4.01.